The van der Waals surface area contributed by atoms with Crippen molar-refractivity contribution in [3.05, 3.63) is 47.6 Å². The summed E-state index contributed by atoms with van der Waals surface area (Å²) in [5.74, 6) is 1.12. The van der Waals surface area contributed by atoms with E-state index >= 15 is 0 Å². The Morgan fingerprint density at radius 2 is 1.95 bits per heavy atom. The van der Waals surface area contributed by atoms with Crippen LogP contribution in [0.4, 0.5) is 0 Å². The van der Waals surface area contributed by atoms with Crippen LogP contribution in [-0.2, 0) is 23.0 Å². The average Bonchev–Trinajstić information content (AvgIpc) is 2.86. The summed E-state index contributed by atoms with van der Waals surface area (Å²) >= 11 is 0. The fraction of sp³-hybridized carbons (Fsp3) is 0.385. The molecule has 2 rings (SSSR count). The van der Waals surface area contributed by atoms with Gasteiger partial charge in [0.15, 0.2) is 5.82 Å². The van der Waals surface area contributed by atoms with Crippen LogP contribution in [0, 0.1) is 0 Å². The first-order chi connectivity index (χ1) is 10.0. The monoisotopic (exact) mass is 310 g/mol. The fourth-order valence-electron chi connectivity index (χ4n) is 1.73. The van der Waals surface area contributed by atoms with Crippen LogP contribution in [0.3, 0.4) is 0 Å². The topological polar surface area (TPSA) is 97.1 Å². The zero-order chi connectivity index (χ0) is 15.1. The molecule has 0 aliphatic carbocycles. The quantitative estimate of drug-likeness (QED) is 0.681. The summed E-state index contributed by atoms with van der Waals surface area (Å²) in [4.78, 5) is 4.27. The van der Waals surface area contributed by atoms with Crippen LogP contribution in [-0.4, -0.2) is 37.9 Å². The molecule has 0 saturated carbocycles. The summed E-state index contributed by atoms with van der Waals surface area (Å²) in [5.41, 5.74) is 1.12. The van der Waals surface area contributed by atoms with E-state index in [0.29, 0.717) is 37.8 Å². The number of hydrogen-bond acceptors (Lipinski definition) is 6. The van der Waals surface area contributed by atoms with Crippen molar-refractivity contribution in [1.82, 2.24) is 20.2 Å². The second-order valence-electron chi connectivity index (χ2n) is 4.61. The largest absolute Gasteiger partial charge is 0.338 e. The zero-order valence-corrected chi connectivity index (χ0v) is 12.6. The lowest BCUT2D eigenvalue weighted by atomic mass is 10.1. The number of benzene rings is 1. The number of hydrogen-bond donors (Lipinski definition) is 2. The van der Waals surface area contributed by atoms with Crippen LogP contribution < -0.4 is 10.0 Å². The predicted molar refractivity (Wildman–Crippen MR) is 78.1 cm³/mol. The Bertz CT molecular complexity index is 655. The van der Waals surface area contributed by atoms with Gasteiger partial charge in [0.2, 0.25) is 15.9 Å². The predicted octanol–water partition coefficient (Wildman–Crippen LogP) is 0.299. The summed E-state index contributed by atoms with van der Waals surface area (Å²) in [6, 6.07) is 9.90. The van der Waals surface area contributed by atoms with Crippen molar-refractivity contribution in [3.63, 3.8) is 0 Å². The van der Waals surface area contributed by atoms with Gasteiger partial charge in [0.1, 0.15) is 0 Å². The lowest BCUT2D eigenvalue weighted by Crippen LogP contribution is -2.30. The number of nitrogens with zero attached hydrogens (tertiary/aromatic N) is 2. The second kappa shape index (κ2) is 7.30. The van der Waals surface area contributed by atoms with Gasteiger partial charge in [0.05, 0.1) is 12.8 Å². The van der Waals surface area contributed by atoms with E-state index in [1.807, 2.05) is 30.3 Å². The van der Waals surface area contributed by atoms with Crippen molar-refractivity contribution in [2.45, 2.75) is 13.0 Å². The summed E-state index contributed by atoms with van der Waals surface area (Å²) in [7, 11) is -3.14. The standard InChI is InChI=1S/C13H18N4O3S/c1-21(18,19)15-8-7-14-10-13-16-12(17-20-13)9-11-5-3-2-4-6-11/h2-6,14-15H,7-10H2,1H3. The second-order valence-corrected chi connectivity index (χ2v) is 6.44. The van der Waals surface area contributed by atoms with Crippen LogP contribution in [0.1, 0.15) is 17.3 Å². The normalized spacial score (nSPS) is 11.7. The molecular weight excluding hydrogens is 292 g/mol. The highest BCUT2D eigenvalue weighted by Crippen LogP contribution is 2.06. The Labute approximate surface area is 123 Å². The van der Waals surface area contributed by atoms with Crippen molar-refractivity contribution in [3.8, 4) is 0 Å². The molecule has 1 aromatic carbocycles. The van der Waals surface area contributed by atoms with Gasteiger partial charge in [0, 0.05) is 19.5 Å². The lowest BCUT2D eigenvalue weighted by molar-refractivity contribution is 0.364. The average molecular weight is 310 g/mol. The number of sulfonamides is 1. The molecule has 21 heavy (non-hydrogen) atoms. The Kier molecular flexibility index (Phi) is 5.43. The van der Waals surface area contributed by atoms with Crippen LogP contribution in [0.5, 0.6) is 0 Å². The number of aromatic nitrogens is 2. The molecule has 0 fully saturated rings. The summed E-state index contributed by atoms with van der Waals surface area (Å²) in [6.45, 7) is 1.22. The SMILES string of the molecule is CS(=O)(=O)NCCNCc1nc(Cc2ccccc2)no1. The Balaban J connectivity index is 1.73. The van der Waals surface area contributed by atoms with Crippen LogP contribution in [0.2, 0.25) is 0 Å². The van der Waals surface area contributed by atoms with Gasteiger partial charge in [0.25, 0.3) is 0 Å². The van der Waals surface area contributed by atoms with E-state index in [4.69, 9.17) is 4.52 Å². The lowest BCUT2D eigenvalue weighted by Gasteiger charge is -2.02. The van der Waals surface area contributed by atoms with Crippen molar-refractivity contribution < 1.29 is 12.9 Å². The van der Waals surface area contributed by atoms with E-state index in [1.165, 1.54) is 0 Å². The van der Waals surface area contributed by atoms with E-state index < -0.39 is 10.0 Å². The van der Waals surface area contributed by atoms with Crippen molar-refractivity contribution >= 4 is 10.0 Å². The van der Waals surface area contributed by atoms with Crippen molar-refractivity contribution in [2.75, 3.05) is 19.3 Å². The first kappa shape index (κ1) is 15.6. The van der Waals surface area contributed by atoms with E-state index in [2.05, 4.69) is 20.2 Å². The van der Waals surface area contributed by atoms with E-state index in [1.54, 1.807) is 0 Å². The molecule has 114 valence electrons. The highest BCUT2D eigenvalue weighted by atomic mass is 32.2. The molecule has 1 aromatic heterocycles. The van der Waals surface area contributed by atoms with Gasteiger partial charge in [-0.3, -0.25) is 0 Å². The molecule has 0 aliphatic heterocycles. The van der Waals surface area contributed by atoms with Crippen LogP contribution in [0.15, 0.2) is 34.9 Å². The zero-order valence-electron chi connectivity index (χ0n) is 11.7. The Morgan fingerprint density at radius 3 is 2.67 bits per heavy atom. The molecule has 0 unspecified atom stereocenters. The highest BCUT2D eigenvalue weighted by Gasteiger charge is 2.06. The maximum absolute atomic E-state index is 10.9. The molecule has 0 amide bonds. The maximum Gasteiger partial charge on any atom is 0.240 e. The minimum absolute atomic E-state index is 0.323. The summed E-state index contributed by atoms with van der Waals surface area (Å²) in [5, 5.41) is 6.94. The highest BCUT2D eigenvalue weighted by molar-refractivity contribution is 7.88. The first-order valence-electron chi connectivity index (χ1n) is 6.54. The molecule has 0 aliphatic rings. The van der Waals surface area contributed by atoms with Gasteiger partial charge in [-0.1, -0.05) is 35.5 Å². The molecule has 1 heterocycles. The van der Waals surface area contributed by atoms with Gasteiger partial charge in [-0.05, 0) is 5.56 Å². The molecule has 0 saturated heterocycles. The molecular formula is C13H18N4O3S. The molecule has 0 spiro atoms. The van der Waals surface area contributed by atoms with Crippen molar-refractivity contribution in [2.24, 2.45) is 0 Å². The molecule has 2 N–H and O–H groups in total. The minimum Gasteiger partial charge on any atom is -0.338 e. The van der Waals surface area contributed by atoms with E-state index in [-0.39, 0.29) is 0 Å². The molecule has 0 bridgehead atoms. The molecule has 0 radical (unpaired) electrons. The summed E-state index contributed by atoms with van der Waals surface area (Å²) in [6.07, 6.45) is 1.75. The number of nitrogens with one attached hydrogen (secondary N) is 2. The molecule has 7 nitrogen and oxygen atoms in total. The Morgan fingerprint density at radius 1 is 1.19 bits per heavy atom. The minimum atomic E-state index is -3.14. The Hall–Kier alpha value is -1.77. The van der Waals surface area contributed by atoms with Gasteiger partial charge >= 0.3 is 0 Å². The summed E-state index contributed by atoms with van der Waals surface area (Å²) < 4.78 is 29.2. The molecule has 8 heteroatoms. The van der Waals surface area contributed by atoms with Gasteiger partial charge in [-0.15, -0.1) is 0 Å². The third-order valence-corrected chi connectivity index (χ3v) is 3.39. The van der Waals surface area contributed by atoms with Gasteiger partial charge < -0.3 is 9.84 Å². The first-order valence-corrected chi connectivity index (χ1v) is 8.43. The fourth-order valence-corrected chi connectivity index (χ4v) is 2.21. The van der Waals surface area contributed by atoms with Crippen LogP contribution in [0.25, 0.3) is 0 Å². The molecule has 0 atom stereocenters. The van der Waals surface area contributed by atoms with Crippen molar-refractivity contribution in [1.29, 1.82) is 0 Å². The number of rotatable bonds is 8. The van der Waals surface area contributed by atoms with E-state index in [0.717, 1.165) is 11.8 Å². The maximum atomic E-state index is 10.9. The molecule has 2 aromatic rings. The third kappa shape index (κ3) is 6.03. The smallest absolute Gasteiger partial charge is 0.240 e. The third-order valence-electron chi connectivity index (χ3n) is 2.66. The van der Waals surface area contributed by atoms with Gasteiger partial charge in [-0.25, -0.2) is 13.1 Å². The van der Waals surface area contributed by atoms with Gasteiger partial charge in [-0.2, -0.15) is 4.98 Å². The van der Waals surface area contributed by atoms with Crippen LogP contribution >= 0.6 is 0 Å². The van der Waals surface area contributed by atoms with E-state index in [9.17, 15) is 8.42 Å².